The second-order valence-corrected chi connectivity index (χ2v) is 6.52. The lowest BCUT2D eigenvalue weighted by Crippen LogP contribution is -2.26. The Balaban J connectivity index is 2.00. The summed E-state index contributed by atoms with van der Waals surface area (Å²) in [4.78, 5) is 14.0. The smallest absolute Gasteiger partial charge is 0.284 e. The fourth-order valence-corrected chi connectivity index (χ4v) is 2.97. The van der Waals surface area contributed by atoms with Crippen LogP contribution in [0, 0.1) is 0 Å². The Kier molecular flexibility index (Phi) is 5.69. The van der Waals surface area contributed by atoms with Crippen molar-refractivity contribution in [2.24, 2.45) is 0 Å². The van der Waals surface area contributed by atoms with Gasteiger partial charge < -0.3 is 10.2 Å². The van der Waals surface area contributed by atoms with Gasteiger partial charge in [-0.1, -0.05) is 46.3 Å². The number of anilines is 1. The number of benzene rings is 1. The van der Waals surface area contributed by atoms with Crippen LogP contribution in [0.15, 0.2) is 28.7 Å². The Hall–Kier alpha value is -1.47. The van der Waals surface area contributed by atoms with Crippen LogP contribution in [0.4, 0.5) is 5.13 Å². The predicted octanol–water partition coefficient (Wildman–Crippen LogP) is 3.39. The van der Waals surface area contributed by atoms with Crippen molar-refractivity contribution in [2.75, 3.05) is 18.9 Å². The van der Waals surface area contributed by atoms with Gasteiger partial charge in [0.1, 0.15) is 0 Å². The number of aromatic nitrogens is 2. The largest absolute Gasteiger partial charge is 0.360 e. The van der Waals surface area contributed by atoms with Crippen LogP contribution in [0.5, 0.6) is 0 Å². The first-order valence-electron chi connectivity index (χ1n) is 6.67. The minimum Gasteiger partial charge on any atom is -0.360 e. The fraction of sp³-hybridized carbons (Fsp3) is 0.357. The molecule has 2 rings (SSSR count). The molecule has 1 aromatic heterocycles. The zero-order chi connectivity index (χ0) is 15.2. The third kappa shape index (κ3) is 4.50. The Morgan fingerprint density at radius 3 is 2.95 bits per heavy atom. The van der Waals surface area contributed by atoms with Crippen molar-refractivity contribution in [3.63, 3.8) is 0 Å². The van der Waals surface area contributed by atoms with Gasteiger partial charge in [0.25, 0.3) is 5.91 Å². The third-order valence-electron chi connectivity index (χ3n) is 2.79. The van der Waals surface area contributed by atoms with Crippen molar-refractivity contribution in [1.29, 1.82) is 0 Å². The molecule has 7 heteroatoms. The highest BCUT2D eigenvalue weighted by Gasteiger charge is 2.17. The van der Waals surface area contributed by atoms with Crippen LogP contribution in [0.3, 0.4) is 0 Å². The molecule has 2 aromatic rings. The van der Waals surface area contributed by atoms with Crippen LogP contribution in [0.25, 0.3) is 0 Å². The molecular formula is C14H17BrN4OS. The van der Waals surface area contributed by atoms with Gasteiger partial charge in [-0.25, -0.2) is 0 Å². The maximum atomic E-state index is 12.3. The summed E-state index contributed by atoms with van der Waals surface area (Å²) >= 11 is 4.72. The van der Waals surface area contributed by atoms with Gasteiger partial charge in [0.05, 0.1) is 0 Å². The first-order valence-corrected chi connectivity index (χ1v) is 8.28. The fourth-order valence-electron chi connectivity index (χ4n) is 1.76. The minimum atomic E-state index is -0.114. The maximum Gasteiger partial charge on any atom is 0.284 e. The number of nitrogens with one attached hydrogen (secondary N) is 1. The molecule has 1 amide bonds. The molecule has 0 radical (unpaired) electrons. The molecule has 0 aliphatic carbocycles. The maximum absolute atomic E-state index is 12.3. The van der Waals surface area contributed by atoms with Gasteiger partial charge in [0.2, 0.25) is 10.1 Å². The van der Waals surface area contributed by atoms with Crippen LogP contribution in [-0.4, -0.2) is 34.6 Å². The van der Waals surface area contributed by atoms with E-state index in [-0.39, 0.29) is 5.91 Å². The summed E-state index contributed by atoms with van der Waals surface area (Å²) in [5, 5.41) is 12.2. The average molecular weight is 369 g/mol. The number of rotatable bonds is 6. The van der Waals surface area contributed by atoms with Crippen LogP contribution in [0.1, 0.15) is 28.7 Å². The zero-order valence-electron chi connectivity index (χ0n) is 12.0. The van der Waals surface area contributed by atoms with E-state index in [0.717, 1.165) is 23.0 Å². The molecule has 0 bridgehead atoms. The molecule has 1 heterocycles. The molecule has 0 fully saturated rings. The molecule has 112 valence electrons. The van der Waals surface area contributed by atoms with Crippen LogP contribution < -0.4 is 5.32 Å². The van der Waals surface area contributed by atoms with E-state index in [2.05, 4.69) is 38.4 Å². The molecule has 5 nitrogen and oxygen atoms in total. The first kappa shape index (κ1) is 15.9. The number of carbonyl (C=O) groups is 1. The lowest BCUT2D eigenvalue weighted by molar-refractivity contribution is 0.0784. The van der Waals surface area contributed by atoms with E-state index in [0.29, 0.717) is 16.7 Å². The SMILES string of the molecule is CCCNc1nnc(C(=O)N(C)Cc2cccc(Br)c2)s1. The average Bonchev–Trinajstić information content (AvgIpc) is 2.93. The zero-order valence-corrected chi connectivity index (χ0v) is 14.4. The second-order valence-electron chi connectivity index (χ2n) is 4.63. The summed E-state index contributed by atoms with van der Waals surface area (Å²) in [5.41, 5.74) is 1.06. The van der Waals surface area contributed by atoms with E-state index >= 15 is 0 Å². The van der Waals surface area contributed by atoms with Gasteiger partial charge in [-0.05, 0) is 24.1 Å². The van der Waals surface area contributed by atoms with Gasteiger partial charge in [-0.15, -0.1) is 10.2 Å². The molecule has 1 aromatic carbocycles. The van der Waals surface area contributed by atoms with Crippen molar-refractivity contribution in [1.82, 2.24) is 15.1 Å². The monoisotopic (exact) mass is 368 g/mol. The molecule has 0 spiro atoms. The van der Waals surface area contributed by atoms with Gasteiger partial charge >= 0.3 is 0 Å². The molecule has 0 saturated heterocycles. The Morgan fingerprint density at radius 1 is 1.43 bits per heavy atom. The minimum absolute atomic E-state index is 0.114. The first-order chi connectivity index (χ1) is 10.1. The molecule has 0 saturated carbocycles. The molecular weight excluding hydrogens is 352 g/mol. The number of hydrogen-bond acceptors (Lipinski definition) is 5. The summed E-state index contributed by atoms with van der Waals surface area (Å²) in [6.07, 6.45) is 1.01. The Bertz CT molecular complexity index is 617. The third-order valence-corrected chi connectivity index (χ3v) is 4.15. The highest BCUT2D eigenvalue weighted by Crippen LogP contribution is 2.18. The number of nitrogens with zero attached hydrogens (tertiary/aromatic N) is 3. The van der Waals surface area contributed by atoms with Gasteiger partial charge in [0.15, 0.2) is 0 Å². The van der Waals surface area contributed by atoms with E-state index in [1.807, 2.05) is 24.3 Å². The number of amides is 1. The molecule has 0 aliphatic heterocycles. The van der Waals surface area contributed by atoms with Crippen molar-refractivity contribution in [3.05, 3.63) is 39.3 Å². The van der Waals surface area contributed by atoms with Gasteiger partial charge in [0, 0.05) is 24.6 Å². The standard InChI is InChI=1S/C14H17BrN4OS/c1-3-7-16-14-18-17-12(21-14)13(20)19(2)9-10-5-4-6-11(15)8-10/h4-6,8H,3,7,9H2,1-2H3,(H,16,18). The summed E-state index contributed by atoms with van der Waals surface area (Å²) in [6, 6.07) is 7.90. The number of halogens is 1. The van der Waals surface area contributed by atoms with E-state index < -0.39 is 0 Å². The topological polar surface area (TPSA) is 58.1 Å². The number of carbonyl (C=O) groups excluding carboxylic acids is 1. The van der Waals surface area contributed by atoms with Gasteiger partial charge in [-0.2, -0.15) is 0 Å². The van der Waals surface area contributed by atoms with E-state index in [1.165, 1.54) is 11.3 Å². The molecule has 0 unspecified atom stereocenters. The highest BCUT2D eigenvalue weighted by atomic mass is 79.9. The van der Waals surface area contributed by atoms with Crippen molar-refractivity contribution < 1.29 is 4.79 Å². The lowest BCUT2D eigenvalue weighted by atomic mass is 10.2. The van der Waals surface area contributed by atoms with Crippen molar-refractivity contribution in [3.8, 4) is 0 Å². The quantitative estimate of drug-likeness (QED) is 0.848. The molecule has 0 aliphatic rings. The van der Waals surface area contributed by atoms with Crippen LogP contribution >= 0.6 is 27.3 Å². The summed E-state index contributed by atoms with van der Waals surface area (Å²) in [5.74, 6) is -0.114. The number of hydrogen-bond donors (Lipinski definition) is 1. The summed E-state index contributed by atoms with van der Waals surface area (Å²) in [6.45, 7) is 3.44. The highest BCUT2D eigenvalue weighted by molar-refractivity contribution is 9.10. The van der Waals surface area contributed by atoms with Crippen LogP contribution in [-0.2, 0) is 6.54 Å². The lowest BCUT2D eigenvalue weighted by Gasteiger charge is -2.15. The second kappa shape index (κ2) is 7.51. The summed E-state index contributed by atoms with van der Waals surface area (Å²) in [7, 11) is 1.77. The normalized spacial score (nSPS) is 10.4. The molecule has 0 atom stereocenters. The predicted molar refractivity (Wildman–Crippen MR) is 88.6 cm³/mol. The Labute approximate surface area is 136 Å². The summed E-state index contributed by atoms with van der Waals surface area (Å²) < 4.78 is 1.00. The van der Waals surface area contributed by atoms with E-state index in [9.17, 15) is 4.79 Å². The van der Waals surface area contributed by atoms with Crippen molar-refractivity contribution in [2.45, 2.75) is 19.9 Å². The Morgan fingerprint density at radius 2 is 2.24 bits per heavy atom. The molecule has 21 heavy (non-hydrogen) atoms. The molecule has 1 N–H and O–H groups in total. The van der Waals surface area contributed by atoms with Crippen LogP contribution in [0.2, 0.25) is 0 Å². The van der Waals surface area contributed by atoms with E-state index in [1.54, 1.807) is 11.9 Å². The van der Waals surface area contributed by atoms with E-state index in [4.69, 9.17) is 0 Å². The van der Waals surface area contributed by atoms with Crippen molar-refractivity contribution >= 4 is 38.3 Å². The van der Waals surface area contributed by atoms with Gasteiger partial charge in [-0.3, -0.25) is 4.79 Å².